The van der Waals surface area contributed by atoms with Gasteiger partial charge in [-0.25, -0.2) is 14.2 Å². The van der Waals surface area contributed by atoms with Crippen molar-refractivity contribution in [1.29, 1.82) is 0 Å². The monoisotopic (exact) mass is 600 g/mol. The van der Waals surface area contributed by atoms with Gasteiger partial charge in [0.1, 0.15) is 17.7 Å². The first-order valence-electron chi connectivity index (χ1n) is 15.1. The van der Waals surface area contributed by atoms with Gasteiger partial charge in [-0.2, -0.15) is 0 Å². The number of hydrogen-bond donors (Lipinski definition) is 1. The van der Waals surface area contributed by atoms with Crippen LogP contribution in [0.3, 0.4) is 0 Å². The highest BCUT2D eigenvalue weighted by Crippen LogP contribution is 2.27. The molecule has 1 N–H and O–H groups in total. The van der Waals surface area contributed by atoms with Gasteiger partial charge in [0.25, 0.3) is 0 Å². The fraction of sp³-hybridized carbons (Fsp3) is 0.594. The molecule has 43 heavy (non-hydrogen) atoms. The molecule has 236 valence electrons. The second-order valence-electron chi connectivity index (χ2n) is 11.9. The van der Waals surface area contributed by atoms with Crippen molar-refractivity contribution in [3.05, 3.63) is 47.6 Å². The maximum atomic E-state index is 15.0. The Kier molecular flexibility index (Phi) is 11.3. The van der Waals surface area contributed by atoms with Crippen molar-refractivity contribution in [2.75, 3.05) is 46.9 Å². The molecule has 4 rings (SSSR count). The largest absolute Gasteiger partial charge is 0.457 e. The number of methoxy groups -OCH3 is 1. The second kappa shape index (κ2) is 14.9. The van der Waals surface area contributed by atoms with Gasteiger partial charge in [-0.3, -0.25) is 4.79 Å². The van der Waals surface area contributed by atoms with Gasteiger partial charge in [-0.05, 0) is 62.1 Å². The highest BCUT2D eigenvalue weighted by atomic mass is 19.1. The molecule has 2 aliphatic heterocycles. The molecule has 3 heterocycles. The van der Waals surface area contributed by atoms with E-state index in [2.05, 4.69) is 9.88 Å². The average molecular weight is 601 g/mol. The van der Waals surface area contributed by atoms with E-state index >= 15 is 0 Å². The van der Waals surface area contributed by atoms with Crippen LogP contribution in [-0.2, 0) is 25.5 Å². The Bertz CT molecular complexity index is 1320. The molecule has 2 aliphatic rings. The molecule has 1 fully saturated rings. The van der Waals surface area contributed by atoms with Gasteiger partial charge in [0.05, 0.1) is 31.0 Å². The van der Waals surface area contributed by atoms with Crippen LogP contribution in [0.5, 0.6) is 0 Å². The number of aromatic nitrogens is 2. The number of carbonyl (C=O) groups excluding carboxylic acids is 2. The zero-order valence-corrected chi connectivity index (χ0v) is 25.9. The number of cyclic esters (lactones) is 1. The van der Waals surface area contributed by atoms with Crippen molar-refractivity contribution in [1.82, 2.24) is 19.4 Å². The third-order valence-electron chi connectivity index (χ3n) is 8.34. The summed E-state index contributed by atoms with van der Waals surface area (Å²) in [6.07, 6.45) is 5.55. The summed E-state index contributed by atoms with van der Waals surface area (Å²) in [5.41, 5.74) is 2.23. The highest BCUT2D eigenvalue weighted by molar-refractivity contribution is 5.79. The third-order valence-corrected chi connectivity index (χ3v) is 8.34. The van der Waals surface area contributed by atoms with Crippen molar-refractivity contribution in [2.45, 2.75) is 64.9 Å². The summed E-state index contributed by atoms with van der Waals surface area (Å²) in [5.74, 6) is -1.32. The number of amides is 1. The van der Waals surface area contributed by atoms with E-state index in [1.165, 1.54) is 6.07 Å². The van der Waals surface area contributed by atoms with Crippen LogP contribution in [-0.4, -0.2) is 102 Å². The number of carbonyl (C=O) groups is 2. The van der Waals surface area contributed by atoms with E-state index in [4.69, 9.17) is 14.2 Å². The number of aliphatic hydroxyl groups excluding tert-OH is 1. The first kappa shape index (κ1) is 32.6. The molecule has 1 aromatic carbocycles. The molecule has 1 saturated heterocycles. The highest BCUT2D eigenvalue weighted by Gasteiger charge is 2.29. The van der Waals surface area contributed by atoms with Crippen molar-refractivity contribution >= 4 is 29.2 Å². The molecule has 0 saturated carbocycles. The maximum absolute atomic E-state index is 15.0. The Morgan fingerprint density at radius 2 is 1.93 bits per heavy atom. The van der Waals surface area contributed by atoms with Gasteiger partial charge in [-0.1, -0.05) is 26.0 Å². The maximum Gasteiger partial charge on any atom is 0.410 e. The van der Waals surface area contributed by atoms with Gasteiger partial charge in [-0.15, -0.1) is 0 Å². The SMILES string of the molecule is COCCn1cnc2c(F)cc(/C=C(\C)[C@H]3OC(=O)C[C@H](O)CC[C@H](C)[C@@H](OC(=O)N4CCN(C)CC4)/C=C\[C@@H]3C)cc21. The van der Waals surface area contributed by atoms with Crippen molar-refractivity contribution in [2.24, 2.45) is 11.8 Å². The zero-order chi connectivity index (χ0) is 31.1. The summed E-state index contributed by atoms with van der Waals surface area (Å²) >= 11 is 0. The number of aliphatic hydroxyl groups is 1. The van der Waals surface area contributed by atoms with Crippen LogP contribution in [0.15, 0.2) is 36.2 Å². The first-order chi connectivity index (χ1) is 20.5. The molecule has 0 bridgehead atoms. The fourth-order valence-electron chi connectivity index (χ4n) is 5.57. The zero-order valence-electron chi connectivity index (χ0n) is 25.9. The van der Waals surface area contributed by atoms with Crippen molar-refractivity contribution in [3.63, 3.8) is 0 Å². The molecule has 1 aromatic heterocycles. The van der Waals surface area contributed by atoms with Gasteiger partial charge in [0, 0.05) is 45.8 Å². The molecule has 11 heteroatoms. The number of likely N-dealkylation sites (N-methyl/N-ethyl adjacent to an activating group) is 1. The summed E-state index contributed by atoms with van der Waals surface area (Å²) in [5, 5.41) is 10.6. The Morgan fingerprint density at radius 3 is 2.65 bits per heavy atom. The molecular formula is C32H45FN4O6. The normalized spacial score (nSPS) is 27.3. The smallest absolute Gasteiger partial charge is 0.410 e. The number of rotatable bonds is 6. The number of hydrogen-bond acceptors (Lipinski definition) is 8. The minimum absolute atomic E-state index is 0.0716. The van der Waals surface area contributed by atoms with Crippen LogP contribution < -0.4 is 0 Å². The summed E-state index contributed by atoms with van der Waals surface area (Å²) in [6, 6.07) is 3.26. The molecule has 2 aromatic rings. The third kappa shape index (κ3) is 8.64. The van der Waals surface area contributed by atoms with Gasteiger partial charge in [0.2, 0.25) is 0 Å². The molecule has 0 unspecified atom stereocenters. The van der Waals surface area contributed by atoms with Crippen LogP contribution in [0.25, 0.3) is 17.1 Å². The Labute approximate surface area is 253 Å². The number of imidazole rings is 1. The van der Waals surface area contributed by atoms with Crippen LogP contribution in [0.2, 0.25) is 0 Å². The Morgan fingerprint density at radius 1 is 1.19 bits per heavy atom. The summed E-state index contributed by atoms with van der Waals surface area (Å²) in [4.78, 5) is 34.0. The minimum Gasteiger partial charge on any atom is -0.457 e. The van der Waals surface area contributed by atoms with Crippen LogP contribution >= 0.6 is 0 Å². The lowest BCUT2D eigenvalue weighted by atomic mass is 9.91. The number of nitrogens with zero attached hydrogens (tertiary/aromatic N) is 4. The van der Waals surface area contributed by atoms with Crippen molar-refractivity contribution in [3.8, 4) is 0 Å². The van der Waals surface area contributed by atoms with E-state index in [0.29, 0.717) is 55.7 Å². The lowest BCUT2D eigenvalue weighted by Gasteiger charge is -2.33. The van der Waals surface area contributed by atoms with Gasteiger partial charge < -0.3 is 33.7 Å². The van der Waals surface area contributed by atoms with Gasteiger partial charge >= 0.3 is 12.1 Å². The average Bonchev–Trinajstić information content (AvgIpc) is 3.38. The van der Waals surface area contributed by atoms with Crippen LogP contribution in [0, 0.1) is 17.7 Å². The van der Waals surface area contributed by atoms with E-state index < -0.39 is 30.1 Å². The molecule has 5 atom stereocenters. The van der Waals surface area contributed by atoms with Crippen molar-refractivity contribution < 1.29 is 33.3 Å². The van der Waals surface area contributed by atoms with Crippen LogP contribution in [0.4, 0.5) is 9.18 Å². The quantitative estimate of drug-likeness (QED) is 0.387. The number of esters is 1. The Hall–Kier alpha value is -3.28. The van der Waals surface area contributed by atoms with E-state index in [1.807, 2.05) is 50.6 Å². The minimum atomic E-state index is -0.878. The number of piperazine rings is 1. The molecule has 0 radical (unpaired) electrons. The standard InChI is InChI=1S/C32H45FN4O6/c1-21-6-8-25(38)19-29(39)43-31(22(2)7-9-28(21)42-32(40)36-12-10-35(4)11-13-36)23(3)16-24-17-26(33)30-27(18-24)37(20-34-30)14-15-41-5/h7,9,16-18,20-22,25,28,31,38H,6,8,10-15,19H2,1-5H3/b9-7-,23-16+/t21-,22-,25+,28-,31-/m0/s1. The topological polar surface area (TPSA) is 106 Å². The second-order valence-corrected chi connectivity index (χ2v) is 11.9. The molecule has 1 amide bonds. The number of halogens is 1. The van der Waals surface area contributed by atoms with E-state index in [1.54, 1.807) is 24.4 Å². The number of benzene rings is 1. The van der Waals surface area contributed by atoms with E-state index in [0.717, 1.165) is 13.1 Å². The van der Waals surface area contributed by atoms with Crippen LogP contribution in [0.1, 0.15) is 45.6 Å². The number of ether oxygens (including phenoxy) is 3. The number of fused-ring (bicyclic) bond motifs is 1. The Balaban J connectivity index is 1.59. The summed E-state index contributed by atoms with van der Waals surface area (Å²) < 4.78 is 33.9. The lowest BCUT2D eigenvalue weighted by molar-refractivity contribution is -0.151. The lowest BCUT2D eigenvalue weighted by Crippen LogP contribution is -2.48. The molecule has 0 spiro atoms. The molecular weight excluding hydrogens is 555 g/mol. The van der Waals surface area contributed by atoms with E-state index in [9.17, 15) is 19.1 Å². The summed E-state index contributed by atoms with van der Waals surface area (Å²) in [7, 11) is 3.63. The van der Waals surface area contributed by atoms with Gasteiger partial charge in [0.15, 0.2) is 5.82 Å². The first-order valence-corrected chi connectivity index (χ1v) is 15.1. The molecule has 0 aliphatic carbocycles. The fourth-order valence-corrected chi connectivity index (χ4v) is 5.57. The summed E-state index contributed by atoms with van der Waals surface area (Å²) in [6.45, 7) is 9.53. The predicted molar refractivity (Wildman–Crippen MR) is 162 cm³/mol. The predicted octanol–water partition coefficient (Wildman–Crippen LogP) is 4.26. The molecule has 10 nitrogen and oxygen atoms in total. The van der Waals surface area contributed by atoms with E-state index in [-0.39, 0.29) is 29.9 Å².